The molecule has 0 aliphatic heterocycles. The minimum Gasteiger partial charge on any atom is -0.478 e. The molecule has 2 aromatic rings. The lowest BCUT2D eigenvalue weighted by Crippen LogP contribution is -2.17. The van der Waals surface area contributed by atoms with E-state index in [1.165, 1.54) is 12.3 Å². The van der Waals surface area contributed by atoms with Gasteiger partial charge in [-0.05, 0) is 30.7 Å². The van der Waals surface area contributed by atoms with Gasteiger partial charge in [0.25, 0.3) is 0 Å². The molecule has 1 aromatic carbocycles. The van der Waals surface area contributed by atoms with Crippen LogP contribution in [0.1, 0.15) is 34.6 Å². The molecule has 1 aromatic heterocycles. The molecular weight excluding hydrogens is 266 g/mol. The Morgan fingerprint density at radius 3 is 2.89 bits per heavy atom. The van der Waals surface area contributed by atoms with Crippen LogP contribution in [0.5, 0.6) is 0 Å². The molecule has 5 heteroatoms. The molecule has 4 nitrogen and oxygen atoms in total. The van der Waals surface area contributed by atoms with Gasteiger partial charge in [-0.25, -0.2) is 4.79 Å². The molecule has 100 valence electrons. The summed E-state index contributed by atoms with van der Waals surface area (Å²) in [5, 5.41) is 12.7. The van der Waals surface area contributed by atoms with Gasteiger partial charge in [0.05, 0.1) is 12.1 Å². The van der Waals surface area contributed by atoms with Crippen LogP contribution in [0.15, 0.2) is 41.0 Å². The SMILES string of the molecule is C[C@H](NCc1cc(C(=O)O)co1)c1cccc(Cl)c1. The number of halogens is 1. The van der Waals surface area contributed by atoms with Gasteiger partial charge < -0.3 is 14.8 Å². The Kier molecular flexibility index (Phi) is 4.24. The molecule has 1 atom stereocenters. The third kappa shape index (κ3) is 3.59. The van der Waals surface area contributed by atoms with E-state index in [4.69, 9.17) is 21.1 Å². The zero-order valence-corrected chi connectivity index (χ0v) is 11.1. The minimum atomic E-state index is -0.988. The molecule has 1 heterocycles. The lowest BCUT2D eigenvalue weighted by Gasteiger charge is -2.13. The van der Waals surface area contributed by atoms with Gasteiger partial charge in [-0.15, -0.1) is 0 Å². The number of hydrogen-bond acceptors (Lipinski definition) is 3. The average molecular weight is 280 g/mol. The van der Waals surface area contributed by atoms with E-state index in [0.717, 1.165) is 5.56 Å². The summed E-state index contributed by atoms with van der Waals surface area (Å²) < 4.78 is 5.17. The monoisotopic (exact) mass is 279 g/mol. The van der Waals surface area contributed by atoms with E-state index in [1.807, 2.05) is 31.2 Å². The summed E-state index contributed by atoms with van der Waals surface area (Å²) in [4.78, 5) is 10.7. The van der Waals surface area contributed by atoms with Gasteiger partial charge >= 0.3 is 5.97 Å². The fourth-order valence-corrected chi connectivity index (χ4v) is 1.93. The lowest BCUT2D eigenvalue weighted by molar-refractivity contribution is 0.0696. The van der Waals surface area contributed by atoms with E-state index < -0.39 is 5.97 Å². The van der Waals surface area contributed by atoms with Crippen molar-refractivity contribution in [3.8, 4) is 0 Å². The highest BCUT2D eigenvalue weighted by Crippen LogP contribution is 2.18. The van der Waals surface area contributed by atoms with E-state index >= 15 is 0 Å². The predicted octanol–water partition coefficient (Wildman–Crippen LogP) is 3.48. The van der Waals surface area contributed by atoms with Crippen LogP contribution in [0.2, 0.25) is 5.02 Å². The Morgan fingerprint density at radius 1 is 1.47 bits per heavy atom. The molecule has 2 N–H and O–H groups in total. The largest absolute Gasteiger partial charge is 0.478 e. The van der Waals surface area contributed by atoms with Crippen molar-refractivity contribution in [2.45, 2.75) is 19.5 Å². The number of aromatic carboxylic acids is 1. The second-order valence-electron chi connectivity index (χ2n) is 4.26. The number of benzene rings is 1. The Bertz CT molecular complexity index is 580. The molecular formula is C14H14ClNO3. The van der Waals surface area contributed by atoms with E-state index in [1.54, 1.807) is 0 Å². The van der Waals surface area contributed by atoms with Crippen molar-refractivity contribution in [1.82, 2.24) is 5.32 Å². The summed E-state index contributed by atoms with van der Waals surface area (Å²) in [7, 11) is 0. The van der Waals surface area contributed by atoms with Gasteiger partial charge in [0.15, 0.2) is 0 Å². The molecule has 0 radical (unpaired) electrons. The number of furan rings is 1. The molecule has 0 amide bonds. The first kappa shape index (κ1) is 13.6. The van der Waals surface area contributed by atoms with Gasteiger partial charge in [-0.2, -0.15) is 0 Å². The number of carboxylic acids is 1. The summed E-state index contributed by atoms with van der Waals surface area (Å²) in [6.07, 6.45) is 1.24. The Morgan fingerprint density at radius 2 is 2.26 bits per heavy atom. The normalized spacial score (nSPS) is 12.3. The van der Waals surface area contributed by atoms with Crippen molar-refractivity contribution in [3.05, 3.63) is 58.5 Å². The third-order valence-corrected chi connectivity index (χ3v) is 3.07. The van der Waals surface area contributed by atoms with Crippen molar-refractivity contribution in [2.75, 3.05) is 0 Å². The molecule has 0 fully saturated rings. The number of hydrogen-bond donors (Lipinski definition) is 2. The summed E-state index contributed by atoms with van der Waals surface area (Å²) >= 11 is 5.93. The van der Waals surface area contributed by atoms with Crippen LogP contribution in [-0.2, 0) is 6.54 Å². The van der Waals surface area contributed by atoms with Crippen LogP contribution >= 0.6 is 11.6 Å². The van der Waals surface area contributed by atoms with Crippen molar-refractivity contribution in [1.29, 1.82) is 0 Å². The van der Waals surface area contributed by atoms with E-state index in [-0.39, 0.29) is 11.6 Å². The molecule has 19 heavy (non-hydrogen) atoms. The molecule has 0 unspecified atom stereocenters. The van der Waals surface area contributed by atoms with Crippen LogP contribution in [-0.4, -0.2) is 11.1 Å². The predicted molar refractivity (Wildman–Crippen MR) is 72.4 cm³/mol. The molecule has 0 spiro atoms. The quantitative estimate of drug-likeness (QED) is 0.879. The van der Waals surface area contributed by atoms with Gasteiger partial charge in [-0.1, -0.05) is 23.7 Å². The van der Waals surface area contributed by atoms with E-state index in [2.05, 4.69) is 5.32 Å². The van der Waals surface area contributed by atoms with Crippen molar-refractivity contribution in [3.63, 3.8) is 0 Å². The highest BCUT2D eigenvalue weighted by molar-refractivity contribution is 6.30. The highest BCUT2D eigenvalue weighted by atomic mass is 35.5. The first-order chi connectivity index (χ1) is 9.06. The van der Waals surface area contributed by atoms with Crippen molar-refractivity contribution >= 4 is 17.6 Å². The van der Waals surface area contributed by atoms with Gasteiger partial charge in [0, 0.05) is 11.1 Å². The lowest BCUT2D eigenvalue weighted by atomic mass is 10.1. The Labute approximate surface area is 116 Å². The van der Waals surface area contributed by atoms with Crippen LogP contribution in [0.25, 0.3) is 0 Å². The zero-order chi connectivity index (χ0) is 13.8. The van der Waals surface area contributed by atoms with Crippen molar-refractivity contribution < 1.29 is 14.3 Å². The second kappa shape index (κ2) is 5.91. The zero-order valence-electron chi connectivity index (χ0n) is 10.4. The number of nitrogens with one attached hydrogen (secondary N) is 1. The molecule has 0 aliphatic carbocycles. The van der Waals surface area contributed by atoms with Crippen LogP contribution in [0.3, 0.4) is 0 Å². The maximum Gasteiger partial charge on any atom is 0.338 e. The first-order valence-corrected chi connectivity index (χ1v) is 6.23. The van der Waals surface area contributed by atoms with Crippen LogP contribution in [0, 0.1) is 0 Å². The van der Waals surface area contributed by atoms with Crippen LogP contribution in [0.4, 0.5) is 0 Å². The maximum absolute atomic E-state index is 10.7. The fourth-order valence-electron chi connectivity index (χ4n) is 1.73. The molecule has 0 bridgehead atoms. The third-order valence-electron chi connectivity index (χ3n) is 2.83. The topological polar surface area (TPSA) is 62.5 Å². The first-order valence-electron chi connectivity index (χ1n) is 5.86. The maximum atomic E-state index is 10.7. The number of carboxylic acid groups (broad SMARTS) is 1. The van der Waals surface area contributed by atoms with E-state index in [9.17, 15) is 4.79 Å². The summed E-state index contributed by atoms with van der Waals surface area (Å²) in [6, 6.07) is 9.20. The standard InChI is InChI=1S/C14H14ClNO3/c1-9(10-3-2-4-12(15)5-10)16-7-13-6-11(8-19-13)14(17)18/h2-6,8-9,16H,7H2,1H3,(H,17,18)/t9-/m0/s1. The Hall–Kier alpha value is -1.78. The van der Waals surface area contributed by atoms with Crippen LogP contribution < -0.4 is 5.32 Å². The Balaban J connectivity index is 1.96. The molecule has 2 rings (SSSR count). The molecule has 0 saturated heterocycles. The highest BCUT2D eigenvalue weighted by Gasteiger charge is 2.10. The fraction of sp³-hybridized carbons (Fsp3) is 0.214. The minimum absolute atomic E-state index is 0.0945. The molecule has 0 saturated carbocycles. The number of rotatable bonds is 5. The second-order valence-corrected chi connectivity index (χ2v) is 4.70. The summed E-state index contributed by atoms with van der Waals surface area (Å²) in [5.74, 6) is -0.399. The molecule has 0 aliphatic rings. The summed E-state index contributed by atoms with van der Waals surface area (Å²) in [5.41, 5.74) is 1.23. The summed E-state index contributed by atoms with van der Waals surface area (Å²) in [6.45, 7) is 2.47. The van der Waals surface area contributed by atoms with Gasteiger partial charge in [0.1, 0.15) is 12.0 Å². The van der Waals surface area contributed by atoms with E-state index in [0.29, 0.717) is 17.3 Å². The number of carbonyl (C=O) groups is 1. The average Bonchev–Trinajstić information content (AvgIpc) is 2.85. The van der Waals surface area contributed by atoms with Gasteiger partial charge in [0.2, 0.25) is 0 Å². The van der Waals surface area contributed by atoms with Gasteiger partial charge in [-0.3, -0.25) is 0 Å². The van der Waals surface area contributed by atoms with Crippen molar-refractivity contribution in [2.24, 2.45) is 0 Å². The smallest absolute Gasteiger partial charge is 0.338 e.